The second-order valence-corrected chi connectivity index (χ2v) is 4.04. The van der Waals surface area contributed by atoms with Crippen LogP contribution in [-0.2, 0) is 6.54 Å². The summed E-state index contributed by atoms with van der Waals surface area (Å²) in [6.07, 6.45) is 0. The molecule has 2 nitrogen and oxygen atoms in total. The average molecular weight is 239 g/mol. The highest BCUT2D eigenvalue weighted by Crippen LogP contribution is 2.24. The molecule has 0 saturated heterocycles. The van der Waals surface area contributed by atoms with E-state index < -0.39 is 0 Å². The Balaban J connectivity index is 2.80. The third-order valence-corrected chi connectivity index (χ3v) is 2.78. The first-order valence-corrected chi connectivity index (χ1v) is 4.98. The Morgan fingerprint density at radius 3 is 2.92 bits per heavy atom. The number of benzene rings is 1. The molecule has 0 bridgehead atoms. The molecule has 0 amide bonds. The number of nitrogens with one attached hydrogen (secondary N) is 1. The van der Waals surface area contributed by atoms with Crippen molar-refractivity contribution in [2.24, 2.45) is 5.73 Å². The largest absolute Gasteiger partial charge is 0.358 e. The quantitative estimate of drug-likeness (QED) is 0.789. The summed E-state index contributed by atoms with van der Waals surface area (Å²) in [5.74, 6) is 0. The van der Waals surface area contributed by atoms with E-state index in [1.807, 2.05) is 6.07 Å². The molecule has 0 aliphatic rings. The number of halogens is 1. The molecule has 0 aliphatic carbocycles. The number of rotatable bonds is 1. The van der Waals surface area contributed by atoms with Gasteiger partial charge in [-0.15, -0.1) is 0 Å². The van der Waals surface area contributed by atoms with Gasteiger partial charge in [-0.1, -0.05) is 15.9 Å². The van der Waals surface area contributed by atoms with Crippen molar-refractivity contribution in [2.45, 2.75) is 13.5 Å². The molecule has 0 aliphatic heterocycles. The van der Waals surface area contributed by atoms with Gasteiger partial charge in [0.25, 0.3) is 0 Å². The molecule has 2 aromatic rings. The summed E-state index contributed by atoms with van der Waals surface area (Å²) >= 11 is 3.45. The molecule has 3 N–H and O–H groups in total. The van der Waals surface area contributed by atoms with Crippen LogP contribution in [0.15, 0.2) is 22.7 Å². The first-order valence-electron chi connectivity index (χ1n) is 4.19. The van der Waals surface area contributed by atoms with Crippen LogP contribution in [0.5, 0.6) is 0 Å². The lowest BCUT2D eigenvalue weighted by Gasteiger charge is -1.95. The second kappa shape index (κ2) is 3.16. The van der Waals surface area contributed by atoms with Crippen LogP contribution in [0.25, 0.3) is 10.9 Å². The van der Waals surface area contributed by atoms with Crippen LogP contribution in [0, 0.1) is 6.92 Å². The van der Waals surface area contributed by atoms with Gasteiger partial charge in [-0.05, 0) is 30.7 Å². The van der Waals surface area contributed by atoms with Gasteiger partial charge in [-0.2, -0.15) is 0 Å². The van der Waals surface area contributed by atoms with Crippen molar-refractivity contribution < 1.29 is 0 Å². The van der Waals surface area contributed by atoms with Crippen LogP contribution in [0.1, 0.15) is 11.3 Å². The van der Waals surface area contributed by atoms with Gasteiger partial charge < -0.3 is 10.7 Å². The van der Waals surface area contributed by atoms with E-state index in [2.05, 4.69) is 40.0 Å². The minimum absolute atomic E-state index is 0.586. The van der Waals surface area contributed by atoms with Crippen molar-refractivity contribution in [2.75, 3.05) is 0 Å². The molecule has 0 saturated carbocycles. The maximum atomic E-state index is 5.68. The first-order chi connectivity index (χ1) is 6.22. The zero-order chi connectivity index (χ0) is 9.42. The molecule has 68 valence electrons. The molecule has 2 rings (SSSR count). The molecule has 1 heterocycles. The van der Waals surface area contributed by atoms with E-state index in [0.717, 1.165) is 15.7 Å². The maximum absolute atomic E-state index is 5.68. The molecule has 0 unspecified atom stereocenters. The third-order valence-electron chi connectivity index (χ3n) is 2.29. The molecule has 13 heavy (non-hydrogen) atoms. The molecule has 0 atom stereocenters. The fourth-order valence-electron chi connectivity index (χ4n) is 1.62. The molecule has 0 fully saturated rings. The summed E-state index contributed by atoms with van der Waals surface area (Å²) in [5.41, 5.74) is 9.20. The van der Waals surface area contributed by atoms with Crippen molar-refractivity contribution in [3.05, 3.63) is 33.9 Å². The number of hydrogen-bond donors (Lipinski definition) is 2. The molecule has 0 spiro atoms. The Morgan fingerprint density at radius 1 is 1.46 bits per heavy atom. The molecule has 3 heteroatoms. The molecule has 1 aromatic carbocycles. The molecule has 1 aromatic heterocycles. The minimum Gasteiger partial charge on any atom is -0.358 e. The van der Waals surface area contributed by atoms with Crippen molar-refractivity contribution in [3.63, 3.8) is 0 Å². The van der Waals surface area contributed by atoms with Crippen molar-refractivity contribution in [3.8, 4) is 0 Å². The predicted octanol–water partition coefficient (Wildman–Crippen LogP) is 2.70. The fraction of sp³-hybridized carbons (Fsp3) is 0.200. The van der Waals surface area contributed by atoms with Crippen LogP contribution in [0.4, 0.5) is 0 Å². The van der Waals surface area contributed by atoms with E-state index in [-0.39, 0.29) is 0 Å². The predicted molar refractivity (Wildman–Crippen MR) is 58.6 cm³/mol. The van der Waals surface area contributed by atoms with Gasteiger partial charge in [0.1, 0.15) is 0 Å². The maximum Gasteiger partial charge on any atom is 0.0460 e. The van der Waals surface area contributed by atoms with Gasteiger partial charge in [-0.25, -0.2) is 0 Å². The highest BCUT2D eigenvalue weighted by Gasteiger charge is 2.06. The fourth-order valence-corrected chi connectivity index (χ4v) is 1.98. The number of aromatic nitrogens is 1. The Morgan fingerprint density at radius 2 is 2.23 bits per heavy atom. The zero-order valence-corrected chi connectivity index (χ0v) is 8.98. The lowest BCUT2D eigenvalue weighted by atomic mass is 10.1. The van der Waals surface area contributed by atoms with Gasteiger partial charge in [-0.3, -0.25) is 0 Å². The van der Waals surface area contributed by atoms with Crippen molar-refractivity contribution in [1.82, 2.24) is 4.98 Å². The minimum atomic E-state index is 0.586. The first kappa shape index (κ1) is 8.78. The van der Waals surface area contributed by atoms with E-state index in [9.17, 15) is 0 Å². The Kier molecular flexibility index (Phi) is 2.14. The Hall–Kier alpha value is -0.800. The monoisotopic (exact) mass is 238 g/mol. The van der Waals surface area contributed by atoms with Gasteiger partial charge in [0, 0.05) is 27.6 Å². The van der Waals surface area contributed by atoms with Crippen molar-refractivity contribution >= 4 is 26.8 Å². The van der Waals surface area contributed by atoms with Crippen LogP contribution < -0.4 is 5.73 Å². The van der Waals surface area contributed by atoms with E-state index >= 15 is 0 Å². The van der Waals surface area contributed by atoms with Gasteiger partial charge in [0.2, 0.25) is 0 Å². The summed E-state index contributed by atoms with van der Waals surface area (Å²) in [6.45, 7) is 2.64. The van der Waals surface area contributed by atoms with E-state index in [4.69, 9.17) is 5.73 Å². The van der Waals surface area contributed by atoms with E-state index in [0.29, 0.717) is 6.54 Å². The second-order valence-electron chi connectivity index (χ2n) is 3.12. The normalized spacial score (nSPS) is 11.0. The highest BCUT2D eigenvalue weighted by molar-refractivity contribution is 9.10. The van der Waals surface area contributed by atoms with E-state index in [1.54, 1.807) is 0 Å². The molecule has 0 radical (unpaired) electrons. The number of fused-ring (bicyclic) bond motifs is 1. The zero-order valence-electron chi connectivity index (χ0n) is 7.39. The van der Waals surface area contributed by atoms with Gasteiger partial charge in [0.15, 0.2) is 0 Å². The Labute approximate surface area is 85.3 Å². The average Bonchev–Trinajstić information content (AvgIpc) is 2.40. The van der Waals surface area contributed by atoms with Crippen LogP contribution in [0.3, 0.4) is 0 Å². The van der Waals surface area contributed by atoms with Crippen molar-refractivity contribution in [1.29, 1.82) is 0 Å². The summed E-state index contributed by atoms with van der Waals surface area (Å²) in [5, 5.41) is 1.22. The number of aromatic amines is 1. The number of nitrogens with two attached hydrogens (primary N) is 1. The number of hydrogen-bond acceptors (Lipinski definition) is 1. The third kappa shape index (κ3) is 1.38. The Bertz CT molecular complexity index is 445. The van der Waals surface area contributed by atoms with Crippen LogP contribution in [0.2, 0.25) is 0 Å². The lowest BCUT2D eigenvalue weighted by Crippen LogP contribution is -1.96. The molecular weight excluding hydrogens is 228 g/mol. The van der Waals surface area contributed by atoms with E-state index in [1.165, 1.54) is 10.9 Å². The summed E-state index contributed by atoms with van der Waals surface area (Å²) in [4.78, 5) is 3.30. The van der Waals surface area contributed by atoms with Gasteiger partial charge in [0.05, 0.1) is 0 Å². The standard InChI is InChI=1S/C10H11BrN2/c1-6-9(5-12)8-4-7(11)2-3-10(8)13-6/h2-4,13H,5,12H2,1H3. The SMILES string of the molecule is Cc1[nH]c2ccc(Br)cc2c1CN. The highest BCUT2D eigenvalue weighted by atomic mass is 79.9. The topological polar surface area (TPSA) is 41.8 Å². The number of aryl methyl sites for hydroxylation is 1. The number of H-pyrrole nitrogens is 1. The smallest absolute Gasteiger partial charge is 0.0460 e. The summed E-state index contributed by atoms with van der Waals surface area (Å²) in [6, 6.07) is 6.19. The van der Waals surface area contributed by atoms with Crippen LogP contribution in [-0.4, -0.2) is 4.98 Å². The van der Waals surface area contributed by atoms with Gasteiger partial charge >= 0.3 is 0 Å². The summed E-state index contributed by atoms with van der Waals surface area (Å²) < 4.78 is 1.09. The molecular formula is C10H11BrN2. The summed E-state index contributed by atoms with van der Waals surface area (Å²) in [7, 11) is 0. The lowest BCUT2D eigenvalue weighted by molar-refractivity contribution is 1.05. The van der Waals surface area contributed by atoms with Crippen LogP contribution >= 0.6 is 15.9 Å².